The zero-order valence-corrected chi connectivity index (χ0v) is 9.68. The van der Waals surface area contributed by atoms with Gasteiger partial charge in [-0.25, -0.2) is 0 Å². The standard InChI is InChI=1S/C12H21NO2/c1-4-7-8-11(15)13-9-12(5-2,6-3)10-14/h1,14H,5-10H2,2-3H3,(H,13,15). The molecule has 3 nitrogen and oxygen atoms in total. The molecule has 0 rings (SSSR count). The summed E-state index contributed by atoms with van der Waals surface area (Å²) in [5, 5.41) is 12.1. The SMILES string of the molecule is C#CCCC(=O)NCC(CC)(CC)CO. The fourth-order valence-electron chi connectivity index (χ4n) is 1.34. The van der Waals surface area contributed by atoms with Crippen LogP contribution in [-0.2, 0) is 4.79 Å². The lowest BCUT2D eigenvalue weighted by molar-refractivity contribution is -0.121. The molecule has 0 spiro atoms. The summed E-state index contributed by atoms with van der Waals surface area (Å²) in [6.45, 7) is 4.68. The predicted molar refractivity (Wildman–Crippen MR) is 61.2 cm³/mol. The van der Waals surface area contributed by atoms with Crippen molar-refractivity contribution in [2.45, 2.75) is 39.5 Å². The third-order valence-corrected chi connectivity index (χ3v) is 2.99. The molecule has 0 fully saturated rings. The molecule has 0 aromatic rings. The molecule has 0 heterocycles. The van der Waals surface area contributed by atoms with Gasteiger partial charge in [0, 0.05) is 24.8 Å². The van der Waals surface area contributed by atoms with Crippen molar-refractivity contribution in [3.63, 3.8) is 0 Å². The van der Waals surface area contributed by atoms with E-state index in [0.717, 1.165) is 12.8 Å². The minimum absolute atomic E-state index is 0.0346. The molecule has 0 aromatic heterocycles. The Hall–Kier alpha value is -1.01. The number of nitrogens with one attached hydrogen (secondary N) is 1. The molecule has 1 amide bonds. The second kappa shape index (κ2) is 7.30. The van der Waals surface area contributed by atoms with Crippen molar-refractivity contribution in [2.24, 2.45) is 5.41 Å². The molecule has 15 heavy (non-hydrogen) atoms. The molecule has 3 heteroatoms. The fraction of sp³-hybridized carbons (Fsp3) is 0.750. The molecular formula is C12H21NO2. The predicted octanol–water partition coefficient (Wildman–Crippen LogP) is 1.31. The van der Waals surface area contributed by atoms with Crippen molar-refractivity contribution in [3.05, 3.63) is 0 Å². The number of amides is 1. The van der Waals surface area contributed by atoms with Crippen molar-refractivity contribution in [2.75, 3.05) is 13.2 Å². The molecule has 0 atom stereocenters. The van der Waals surface area contributed by atoms with Gasteiger partial charge in [-0.15, -0.1) is 12.3 Å². The number of hydrogen-bond acceptors (Lipinski definition) is 2. The van der Waals surface area contributed by atoms with Gasteiger partial charge in [0.2, 0.25) is 5.91 Å². The third-order valence-electron chi connectivity index (χ3n) is 2.99. The Morgan fingerprint density at radius 3 is 2.47 bits per heavy atom. The Morgan fingerprint density at radius 2 is 2.07 bits per heavy atom. The highest BCUT2D eigenvalue weighted by atomic mass is 16.3. The number of carbonyl (C=O) groups excluding carboxylic acids is 1. The Balaban J connectivity index is 4.00. The summed E-state index contributed by atoms with van der Waals surface area (Å²) in [6, 6.07) is 0. The smallest absolute Gasteiger partial charge is 0.220 e. The highest BCUT2D eigenvalue weighted by molar-refractivity contribution is 5.76. The van der Waals surface area contributed by atoms with E-state index < -0.39 is 0 Å². The first-order valence-electron chi connectivity index (χ1n) is 5.45. The van der Waals surface area contributed by atoms with Crippen molar-refractivity contribution in [1.29, 1.82) is 0 Å². The Bertz CT molecular complexity index is 218. The number of aliphatic hydroxyl groups is 1. The highest BCUT2D eigenvalue weighted by Crippen LogP contribution is 2.24. The van der Waals surface area contributed by atoms with Gasteiger partial charge < -0.3 is 10.4 Å². The zero-order chi connectivity index (χ0) is 11.7. The van der Waals surface area contributed by atoms with Gasteiger partial charge in [-0.05, 0) is 12.8 Å². The number of terminal acetylenes is 1. The van der Waals surface area contributed by atoms with Crippen molar-refractivity contribution < 1.29 is 9.90 Å². The topological polar surface area (TPSA) is 49.3 Å². The van der Waals surface area contributed by atoms with Crippen LogP contribution in [0.5, 0.6) is 0 Å². The first-order valence-corrected chi connectivity index (χ1v) is 5.45. The lowest BCUT2D eigenvalue weighted by atomic mass is 9.83. The van der Waals surface area contributed by atoms with Gasteiger partial charge >= 0.3 is 0 Å². The number of rotatable bonds is 7. The monoisotopic (exact) mass is 211 g/mol. The average Bonchev–Trinajstić information content (AvgIpc) is 2.29. The molecule has 0 bridgehead atoms. The first kappa shape index (κ1) is 14.0. The van der Waals surface area contributed by atoms with Crippen LogP contribution in [0.1, 0.15) is 39.5 Å². The molecule has 0 aliphatic heterocycles. The van der Waals surface area contributed by atoms with Crippen molar-refractivity contribution in [1.82, 2.24) is 5.32 Å². The van der Waals surface area contributed by atoms with E-state index in [0.29, 0.717) is 19.4 Å². The molecule has 2 N–H and O–H groups in total. The minimum Gasteiger partial charge on any atom is -0.396 e. The molecule has 0 aromatic carbocycles. The summed E-state index contributed by atoms with van der Waals surface area (Å²) in [5.74, 6) is 2.39. The summed E-state index contributed by atoms with van der Waals surface area (Å²) in [6.07, 6.45) is 7.62. The average molecular weight is 211 g/mol. The molecule has 0 unspecified atom stereocenters. The second-order valence-corrected chi connectivity index (χ2v) is 3.85. The second-order valence-electron chi connectivity index (χ2n) is 3.85. The van der Waals surface area contributed by atoms with Crippen molar-refractivity contribution >= 4 is 5.91 Å². The maximum absolute atomic E-state index is 11.3. The molecule has 0 saturated heterocycles. The Morgan fingerprint density at radius 1 is 1.47 bits per heavy atom. The third kappa shape index (κ3) is 4.85. The quantitative estimate of drug-likeness (QED) is 0.624. The maximum Gasteiger partial charge on any atom is 0.220 e. The zero-order valence-electron chi connectivity index (χ0n) is 9.68. The van der Waals surface area contributed by atoms with Gasteiger partial charge in [-0.2, -0.15) is 0 Å². The van der Waals surface area contributed by atoms with E-state index in [2.05, 4.69) is 11.2 Å². The Kier molecular flexibility index (Phi) is 6.81. The van der Waals surface area contributed by atoms with Crippen LogP contribution in [0.4, 0.5) is 0 Å². The summed E-state index contributed by atoms with van der Waals surface area (Å²) in [4.78, 5) is 11.3. The normalized spacial score (nSPS) is 10.8. The number of aliphatic hydroxyl groups excluding tert-OH is 1. The van der Waals surface area contributed by atoms with E-state index in [-0.39, 0.29) is 17.9 Å². The van der Waals surface area contributed by atoms with Gasteiger partial charge in [0.1, 0.15) is 0 Å². The van der Waals surface area contributed by atoms with E-state index in [9.17, 15) is 9.90 Å². The van der Waals surface area contributed by atoms with Gasteiger partial charge in [-0.3, -0.25) is 4.79 Å². The van der Waals surface area contributed by atoms with E-state index in [1.54, 1.807) is 0 Å². The number of carbonyl (C=O) groups is 1. The molecule has 0 aliphatic carbocycles. The lowest BCUT2D eigenvalue weighted by Gasteiger charge is -2.29. The summed E-state index contributed by atoms with van der Waals surface area (Å²) >= 11 is 0. The maximum atomic E-state index is 11.3. The summed E-state index contributed by atoms with van der Waals surface area (Å²) in [5.41, 5.74) is -0.175. The lowest BCUT2D eigenvalue weighted by Crippen LogP contribution is -2.39. The van der Waals surface area contributed by atoms with E-state index in [4.69, 9.17) is 6.42 Å². The number of hydrogen-bond donors (Lipinski definition) is 2. The van der Waals surface area contributed by atoms with Gasteiger partial charge in [0.05, 0.1) is 6.61 Å². The van der Waals surface area contributed by atoms with Crippen molar-refractivity contribution in [3.8, 4) is 12.3 Å². The van der Waals surface area contributed by atoms with Crippen LogP contribution in [0.15, 0.2) is 0 Å². The molecule has 0 aliphatic rings. The molecule has 0 radical (unpaired) electrons. The highest BCUT2D eigenvalue weighted by Gasteiger charge is 2.25. The Labute approximate surface area is 92.3 Å². The van der Waals surface area contributed by atoms with E-state index >= 15 is 0 Å². The minimum atomic E-state index is -0.175. The van der Waals surface area contributed by atoms with Crippen LogP contribution in [0.2, 0.25) is 0 Å². The first-order chi connectivity index (χ1) is 7.14. The van der Waals surface area contributed by atoms with Crippen LogP contribution >= 0.6 is 0 Å². The largest absolute Gasteiger partial charge is 0.396 e. The van der Waals surface area contributed by atoms with Gasteiger partial charge in [-0.1, -0.05) is 13.8 Å². The van der Waals surface area contributed by atoms with Crippen LogP contribution in [0.3, 0.4) is 0 Å². The summed E-state index contributed by atoms with van der Waals surface area (Å²) in [7, 11) is 0. The van der Waals surface area contributed by atoms with Gasteiger partial charge in [0.25, 0.3) is 0 Å². The molecule has 0 saturated carbocycles. The van der Waals surface area contributed by atoms with Crippen LogP contribution < -0.4 is 5.32 Å². The van der Waals surface area contributed by atoms with Crippen LogP contribution in [0.25, 0.3) is 0 Å². The fourth-order valence-corrected chi connectivity index (χ4v) is 1.34. The molecule has 86 valence electrons. The van der Waals surface area contributed by atoms with E-state index in [1.165, 1.54) is 0 Å². The van der Waals surface area contributed by atoms with Crippen LogP contribution in [0, 0.1) is 17.8 Å². The van der Waals surface area contributed by atoms with Crippen LogP contribution in [-0.4, -0.2) is 24.2 Å². The van der Waals surface area contributed by atoms with E-state index in [1.807, 2.05) is 13.8 Å². The summed E-state index contributed by atoms with van der Waals surface area (Å²) < 4.78 is 0. The molecular weight excluding hydrogens is 190 g/mol. The van der Waals surface area contributed by atoms with Gasteiger partial charge in [0.15, 0.2) is 0 Å².